The third-order valence-electron chi connectivity index (χ3n) is 3.18. The normalized spacial score (nSPS) is 10.7. The highest BCUT2D eigenvalue weighted by Gasteiger charge is 2.19. The largest absolute Gasteiger partial charge is 0.483 e. The lowest BCUT2D eigenvalue weighted by Crippen LogP contribution is -2.40. The number of esters is 1. The van der Waals surface area contributed by atoms with Crippen molar-refractivity contribution in [1.29, 1.82) is 0 Å². The average Bonchev–Trinajstić information content (AvgIpc) is 2.58. The molecule has 0 bridgehead atoms. The van der Waals surface area contributed by atoms with Crippen LogP contribution in [0.4, 0.5) is 9.18 Å². The predicted octanol–water partition coefficient (Wildman–Crippen LogP) is 1.97. The van der Waals surface area contributed by atoms with Gasteiger partial charge in [-0.25, -0.2) is 14.0 Å². The third-order valence-corrected chi connectivity index (χ3v) is 3.18. The van der Waals surface area contributed by atoms with Gasteiger partial charge in [0.15, 0.2) is 6.61 Å². The molecule has 1 aromatic rings. The molecule has 0 unspecified atom stereocenters. The fraction of sp³-hybridized carbons (Fsp3) is 0.500. The molecule has 0 atom stereocenters. The summed E-state index contributed by atoms with van der Waals surface area (Å²) in [6.45, 7) is 5.32. The van der Waals surface area contributed by atoms with Crippen LogP contribution in [0.25, 0.3) is 0 Å². The molecule has 9 heteroatoms. The number of benzene rings is 1. The number of carbonyl (C=O) groups is 3. The highest BCUT2D eigenvalue weighted by Crippen LogP contribution is 2.20. The van der Waals surface area contributed by atoms with Gasteiger partial charge in [-0.05, 0) is 39.0 Å². The van der Waals surface area contributed by atoms with Crippen molar-refractivity contribution in [1.82, 2.24) is 10.2 Å². The first kappa shape index (κ1) is 22.2. The molecule has 0 fully saturated rings. The minimum Gasteiger partial charge on any atom is -0.483 e. The topological polar surface area (TPSA) is 94.2 Å². The molecule has 8 nitrogen and oxygen atoms in total. The number of halogens is 1. The molecule has 1 N–H and O–H groups in total. The Labute approximate surface area is 157 Å². The van der Waals surface area contributed by atoms with Crippen molar-refractivity contribution in [3.05, 3.63) is 29.6 Å². The maximum Gasteiger partial charge on any atom is 0.410 e. The lowest BCUT2D eigenvalue weighted by atomic mass is 10.2. The zero-order valence-corrected chi connectivity index (χ0v) is 16.1. The van der Waals surface area contributed by atoms with Gasteiger partial charge in [0.1, 0.15) is 22.7 Å². The molecule has 2 amide bonds. The number of carbonyl (C=O) groups excluding carboxylic acids is 3. The smallest absolute Gasteiger partial charge is 0.410 e. The maximum atomic E-state index is 13.3. The molecule has 150 valence electrons. The van der Waals surface area contributed by atoms with Gasteiger partial charge in [0.25, 0.3) is 5.91 Å². The second-order valence-corrected chi connectivity index (χ2v) is 6.67. The summed E-state index contributed by atoms with van der Waals surface area (Å²) in [5.41, 5.74) is -0.718. The number of nitrogens with one attached hydrogen (secondary N) is 1. The predicted molar refractivity (Wildman–Crippen MR) is 95.1 cm³/mol. The fourth-order valence-electron chi connectivity index (χ4n) is 1.89. The van der Waals surface area contributed by atoms with Gasteiger partial charge >= 0.3 is 12.1 Å². The van der Waals surface area contributed by atoms with E-state index in [4.69, 9.17) is 9.47 Å². The van der Waals surface area contributed by atoms with Gasteiger partial charge in [-0.2, -0.15) is 0 Å². The Balaban J connectivity index is 2.46. The summed E-state index contributed by atoms with van der Waals surface area (Å²) < 4.78 is 28.3. The van der Waals surface area contributed by atoms with E-state index in [2.05, 4.69) is 10.1 Å². The van der Waals surface area contributed by atoms with Gasteiger partial charge in [0, 0.05) is 20.1 Å². The standard InChI is InChI=1S/C18H25FN2O6/c1-18(2,3)27-17(24)21(4)9-8-20-15(22)11-26-14-7-6-12(19)10-13(14)16(23)25-5/h6-7,10H,8-9,11H2,1-5H3,(H,20,22). The number of likely N-dealkylation sites (N-methyl/N-ethyl adjacent to an activating group) is 1. The third kappa shape index (κ3) is 7.93. The molecule has 0 radical (unpaired) electrons. The molecule has 0 aliphatic heterocycles. The summed E-state index contributed by atoms with van der Waals surface area (Å²) in [7, 11) is 2.71. The SMILES string of the molecule is COC(=O)c1cc(F)ccc1OCC(=O)NCCN(C)C(=O)OC(C)(C)C. The number of hydrogen-bond donors (Lipinski definition) is 1. The number of nitrogens with zero attached hydrogens (tertiary/aromatic N) is 1. The van der Waals surface area contributed by atoms with Crippen molar-refractivity contribution in [3.63, 3.8) is 0 Å². The van der Waals surface area contributed by atoms with Crippen molar-refractivity contribution in [2.24, 2.45) is 0 Å². The Bertz CT molecular complexity index is 687. The van der Waals surface area contributed by atoms with E-state index in [0.717, 1.165) is 19.2 Å². The number of hydrogen-bond acceptors (Lipinski definition) is 6. The number of methoxy groups -OCH3 is 1. The molecule has 1 rings (SSSR count). The molecule has 0 heterocycles. The van der Waals surface area contributed by atoms with E-state index >= 15 is 0 Å². The van der Waals surface area contributed by atoms with Crippen LogP contribution in [0.5, 0.6) is 5.75 Å². The number of amides is 2. The van der Waals surface area contributed by atoms with Gasteiger partial charge in [0.2, 0.25) is 0 Å². The maximum absolute atomic E-state index is 13.3. The Kier molecular flexibility index (Phi) is 8.01. The Morgan fingerprint density at radius 1 is 1.22 bits per heavy atom. The summed E-state index contributed by atoms with van der Waals surface area (Å²) in [6, 6.07) is 3.31. The van der Waals surface area contributed by atoms with E-state index < -0.39 is 29.4 Å². The highest BCUT2D eigenvalue weighted by atomic mass is 19.1. The molecule has 0 spiro atoms. The van der Waals surface area contributed by atoms with E-state index in [1.165, 1.54) is 11.0 Å². The summed E-state index contributed by atoms with van der Waals surface area (Å²) in [6.07, 6.45) is -0.498. The molecule has 0 aromatic heterocycles. The molecule has 27 heavy (non-hydrogen) atoms. The average molecular weight is 384 g/mol. The summed E-state index contributed by atoms with van der Waals surface area (Å²) in [4.78, 5) is 36.6. The van der Waals surface area contributed by atoms with Crippen LogP contribution in [0.2, 0.25) is 0 Å². The monoisotopic (exact) mass is 384 g/mol. The first-order valence-corrected chi connectivity index (χ1v) is 8.25. The van der Waals surface area contributed by atoms with Crippen molar-refractivity contribution in [2.75, 3.05) is 33.9 Å². The van der Waals surface area contributed by atoms with Gasteiger partial charge < -0.3 is 24.4 Å². The minimum atomic E-state index is -0.774. The lowest BCUT2D eigenvalue weighted by Gasteiger charge is -2.24. The van der Waals surface area contributed by atoms with Crippen molar-refractivity contribution in [3.8, 4) is 5.75 Å². The summed E-state index contributed by atoms with van der Waals surface area (Å²) in [5.74, 6) is -1.83. The second kappa shape index (κ2) is 9.75. The Morgan fingerprint density at radius 2 is 1.89 bits per heavy atom. The number of rotatable bonds is 7. The lowest BCUT2D eigenvalue weighted by molar-refractivity contribution is -0.123. The first-order chi connectivity index (χ1) is 12.5. The molecule has 0 saturated heterocycles. The minimum absolute atomic E-state index is 0.0317. The van der Waals surface area contributed by atoms with Crippen LogP contribution < -0.4 is 10.1 Å². The zero-order chi connectivity index (χ0) is 20.6. The molecule has 0 aliphatic carbocycles. The second-order valence-electron chi connectivity index (χ2n) is 6.67. The van der Waals surface area contributed by atoms with E-state index in [-0.39, 0.29) is 31.0 Å². The molecular formula is C18H25FN2O6. The molecule has 1 aromatic carbocycles. The summed E-state index contributed by atoms with van der Waals surface area (Å²) in [5, 5.41) is 2.57. The first-order valence-electron chi connectivity index (χ1n) is 8.25. The quantitative estimate of drug-likeness (QED) is 0.723. The van der Waals surface area contributed by atoms with Gasteiger partial charge in [-0.15, -0.1) is 0 Å². The molecule has 0 aliphatic rings. The van der Waals surface area contributed by atoms with Crippen LogP contribution in [-0.4, -0.2) is 62.3 Å². The number of ether oxygens (including phenoxy) is 3. The van der Waals surface area contributed by atoms with Crippen LogP contribution in [-0.2, 0) is 14.3 Å². The van der Waals surface area contributed by atoms with Crippen LogP contribution in [0, 0.1) is 5.82 Å². The highest BCUT2D eigenvalue weighted by molar-refractivity contribution is 5.92. The van der Waals surface area contributed by atoms with Crippen molar-refractivity contribution < 1.29 is 33.0 Å². The zero-order valence-electron chi connectivity index (χ0n) is 16.1. The van der Waals surface area contributed by atoms with Crippen molar-refractivity contribution in [2.45, 2.75) is 26.4 Å². The van der Waals surface area contributed by atoms with Crippen molar-refractivity contribution >= 4 is 18.0 Å². The van der Waals surface area contributed by atoms with Crippen LogP contribution in [0.1, 0.15) is 31.1 Å². The summed E-state index contributed by atoms with van der Waals surface area (Å²) >= 11 is 0. The fourth-order valence-corrected chi connectivity index (χ4v) is 1.89. The van der Waals surface area contributed by atoms with Crippen LogP contribution >= 0.6 is 0 Å². The van der Waals surface area contributed by atoms with E-state index in [1.54, 1.807) is 27.8 Å². The van der Waals surface area contributed by atoms with Gasteiger partial charge in [-0.1, -0.05) is 0 Å². The molecule has 0 saturated carbocycles. The van der Waals surface area contributed by atoms with E-state index in [0.29, 0.717) is 0 Å². The Hall–Kier alpha value is -2.84. The van der Waals surface area contributed by atoms with E-state index in [1.807, 2.05) is 0 Å². The van der Waals surface area contributed by atoms with Gasteiger partial charge in [-0.3, -0.25) is 4.79 Å². The van der Waals surface area contributed by atoms with Gasteiger partial charge in [0.05, 0.1) is 7.11 Å². The molecular weight excluding hydrogens is 359 g/mol. The Morgan fingerprint density at radius 3 is 2.48 bits per heavy atom. The van der Waals surface area contributed by atoms with E-state index in [9.17, 15) is 18.8 Å². The van der Waals surface area contributed by atoms with Crippen LogP contribution in [0.15, 0.2) is 18.2 Å². The van der Waals surface area contributed by atoms with Crippen LogP contribution in [0.3, 0.4) is 0 Å².